The fraction of sp³-hybridized carbons (Fsp3) is 0. The number of terminal acetylenes is 3. The normalized spacial score (nSPS) is 9.06. The molecule has 0 aliphatic carbocycles. The van der Waals surface area contributed by atoms with E-state index in [-0.39, 0.29) is 0 Å². The van der Waals surface area contributed by atoms with Crippen LogP contribution >= 0.6 is 0 Å². The summed E-state index contributed by atoms with van der Waals surface area (Å²) in [5.74, 6) is 7.81. The van der Waals surface area contributed by atoms with Crippen LogP contribution in [0.2, 0.25) is 0 Å². The summed E-state index contributed by atoms with van der Waals surface area (Å²) in [4.78, 5) is 0. The predicted molar refractivity (Wildman–Crippen MR) is 67.8 cm³/mol. The lowest BCUT2D eigenvalue weighted by atomic mass is 9.99. The van der Waals surface area contributed by atoms with Crippen molar-refractivity contribution in [1.82, 2.24) is 0 Å². The second kappa shape index (κ2) is 3.86. The van der Waals surface area contributed by atoms with Crippen LogP contribution in [-0.2, 0) is 0 Å². The summed E-state index contributed by atoms with van der Waals surface area (Å²) < 4.78 is 0. The van der Waals surface area contributed by atoms with Crippen molar-refractivity contribution in [3.63, 3.8) is 0 Å². The third-order valence-corrected chi connectivity index (χ3v) is 2.44. The van der Waals surface area contributed by atoms with E-state index in [0.29, 0.717) is 0 Å². The molecule has 0 N–H and O–H groups in total. The molecule has 0 nitrogen and oxygen atoms in total. The topological polar surface area (TPSA) is 0 Å². The summed E-state index contributed by atoms with van der Waals surface area (Å²) in [5.41, 5.74) is 2.40. The Bertz CT molecular complexity index is 678. The molecule has 16 heavy (non-hydrogen) atoms. The van der Waals surface area contributed by atoms with E-state index in [2.05, 4.69) is 17.8 Å². The second-order valence-electron chi connectivity index (χ2n) is 3.39. The van der Waals surface area contributed by atoms with Crippen molar-refractivity contribution in [2.24, 2.45) is 0 Å². The van der Waals surface area contributed by atoms with Crippen LogP contribution in [0.3, 0.4) is 0 Å². The highest BCUT2D eigenvalue weighted by Crippen LogP contribution is 2.21. The Hall–Kier alpha value is -2.62. The molecule has 0 radical (unpaired) electrons. The maximum absolute atomic E-state index is 5.45. The SMILES string of the molecule is C#Cc1ccc2c(C#C)cc(C#C)cc2c1. The van der Waals surface area contributed by atoms with Gasteiger partial charge in [0.2, 0.25) is 0 Å². The molecule has 2 rings (SSSR count). The van der Waals surface area contributed by atoms with Gasteiger partial charge in [-0.05, 0) is 35.0 Å². The van der Waals surface area contributed by atoms with E-state index in [9.17, 15) is 0 Å². The van der Waals surface area contributed by atoms with Crippen molar-refractivity contribution in [2.75, 3.05) is 0 Å². The fourth-order valence-electron chi connectivity index (χ4n) is 1.66. The Balaban J connectivity index is 2.88. The van der Waals surface area contributed by atoms with Gasteiger partial charge in [-0.25, -0.2) is 0 Å². The van der Waals surface area contributed by atoms with Gasteiger partial charge in [-0.3, -0.25) is 0 Å². The highest BCUT2D eigenvalue weighted by Gasteiger charge is 2.01. The van der Waals surface area contributed by atoms with Crippen LogP contribution in [0.25, 0.3) is 10.8 Å². The van der Waals surface area contributed by atoms with Crippen LogP contribution in [0.15, 0.2) is 30.3 Å². The third kappa shape index (κ3) is 1.52. The van der Waals surface area contributed by atoms with Crippen molar-refractivity contribution >= 4 is 10.8 Å². The van der Waals surface area contributed by atoms with Gasteiger partial charge in [-0.2, -0.15) is 0 Å². The summed E-state index contributed by atoms with van der Waals surface area (Å²) in [5, 5.41) is 1.99. The monoisotopic (exact) mass is 200 g/mol. The van der Waals surface area contributed by atoms with E-state index in [1.807, 2.05) is 30.3 Å². The highest BCUT2D eigenvalue weighted by atomic mass is 14.0. The van der Waals surface area contributed by atoms with Crippen molar-refractivity contribution in [3.8, 4) is 37.0 Å². The van der Waals surface area contributed by atoms with E-state index in [1.54, 1.807) is 0 Å². The number of hydrogen-bond donors (Lipinski definition) is 0. The number of hydrogen-bond acceptors (Lipinski definition) is 0. The van der Waals surface area contributed by atoms with Gasteiger partial charge < -0.3 is 0 Å². The average molecular weight is 200 g/mol. The van der Waals surface area contributed by atoms with Crippen LogP contribution in [0.1, 0.15) is 16.7 Å². The first-order chi connectivity index (χ1) is 7.78. The Morgan fingerprint density at radius 1 is 0.750 bits per heavy atom. The molecule has 0 spiro atoms. The van der Waals surface area contributed by atoms with Crippen LogP contribution < -0.4 is 0 Å². The van der Waals surface area contributed by atoms with Gasteiger partial charge in [0, 0.05) is 16.7 Å². The summed E-state index contributed by atoms with van der Waals surface area (Å²) in [6.07, 6.45) is 16.2. The molecule has 0 bridgehead atoms. The van der Waals surface area contributed by atoms with E-state index < -0.39 is 0 Å². The average Bonchev–Trinajstić information content (AvgIpc) is 2.36. The Morgan fingerprint density at radius 3 is 2.06 bits per heavy atom. The van der Waals surface area contributed by atoms with Crippen LogP contribution in [0.5, 0.6) is 0 Å². The molecule has 2 aromatic carbocycles. The molecule has 0 aliphatic rings. The van der Waals surface area contributed by atoms with Gasteiger partial charge >= 0.3 is 0 Å². The molecule has 0 atom stereocenters. The summed E-state index contributed by atoms with van der Waals surface area (Å²) >= 11 is 0. The van der Waals surface area contributed by atoms with Crippen LogP contribution in [0, 0.1) is 37.0 Å². The Morgan fingerprint density at radius 2 is 1.44 bits per heavy atom. The molecule has 2 aromatic rings. The first-order valence-electron chi connectivity index (χ1n) is 4.76. The maximum Gasteiger partial charge on any atom is 0.0333 e. The lowest BCUT2D eigenvalue weighted by molar-refractivity contribution is 1.64. The molecule has 0 fully saturated rings. The first-order valence-corrected chi connectivity index (χ1v) is 4.76. The maximum atomic E-state index is 5.45. The van der Waals surface area contributed by atoms with Gasteiger partial charge in [-0.1, -0.05) is 23.8 Å². The molecule has 0 unspecified atom stereocenters. The number of benzene rings is 2. The summed E-state index contributed by atoms with van der Waals surface area (Å²) in [6.45, 7) is 0. The number of rotatable bonds is 0. The zero-order valence-electron chi connectivity index (χ0n) is 8.62. The highest BCUT2D eigenvalue weighted by molar-refractivity contribution is 5.90. The van der Waals surface area contributed by atoms with Gasteiger partial charge in [0.05, 0.1) is 0 Å². The van der Waals surface area contributed by atoms with Crippen molar-refractivity contribution < 1.29 is 0 Å². The smallest absolute Gasteiger partial charge is 0.0333 e. The zero-order valence-corrected chi connectivity index (χ0v) is 8.62. The van der Waals surface area contributed by atoms with Gasteiger partial charge in [0.15, 0.2) is 0 Å². The van der Waals surface area contributed by atoms with E-state index >= 15 is 0 Å². The Labute approximate surface area is 95.3 Å². The second-order valence-corrected chi connectivity index (χ2v) is 3.39. The van der Waals surface area contributed by atoms with Gasteiger partial charge in [0.1, 0.15) is 0 Å². The van der Waals surface area contributed by atoms with E-state index in [1.165, 1.54) is 0 Å². The third-order valence-electron chi connectivity index (χ3n) is 2.44. The molecule has 0 amide bonds. The zero-order chi connectivity index (χ0) is 11.5. The molecule has 0 aliphatic heterocycles. The van der Waals surface area contributed by atoms with Gasteiger partial charge in [-0.15, -0.1) is 19.3 Å². The molecule has 0 heteroatoms. The lowest BCUT2D eigenvalue weighted by Crippen LogP contribution is -1.85. The van der Waals surface area contributed by atoms with Crippen molar-refractivity contribution in [2.45, 2.75) is 0 Å². The molecule has 0 aromatic heterocycles. The minimum atomic E-state index is 0.773. The standard InChI is InChI=1S/C16H8/c1-4-12-7-8-16-14(6-3)10-13(5-2)11-15(16)9-12/h1-3,7-11H. The minimum Gasteiger partial charge on any atom is -0.115 e. The minimum absolute atomic E-state index is 0.773. The predicted octanol–water partition coefficient (Wildman–Crippen LogP) is 2.78. The molecule has 0 saturated carbocycles. The fourth-order valence-corrected chi connectivity index (χ4v) is 1.66. The van der Waals surface area contributed by atoms with Crippen molar-refractivity contribution in [3.05, 3.63) is 47.0 Å². The van der Waals surface area contributed by atoms with E-state index in [0.717, 1.165) is 27.5 Å². The summed E-state index contributed by atoms with van der Waals surface area (Å²) in [7, 11) is 0. The van der Waals surface area contributed by atoms with Crippen LogP contribution in [0.4, 0.5) is 0 Å². The van der Waals surface area contributed by atoms with Crippen molar-refractivity contribution in [1.29, 1.82) is 0 Å². The lowest BCUT2D eigenvalue weighted by Gasteiger charge is -2.03. The Kier molecular flexibility index (Phi) is 2.39. The first kappa shape index (κ1) is 9.92. The van der Waals surface area contributed by atoms with Crippen LogP contribution in [-0.4, -0.2) is 0 Å². The van der Waals surface area contributed by atoms with Gasteiger partial charge in [0.25, 0.3) is 0 Å². The molecular weight excluding hydrogens is 192 g/mol. The number of fused-ring (bicyclic) bond motifs is 1. The molecule has 0 saturated heterocycles. The largest absolute Gasteiger partial charge is 0.115 e. The quantitative estimate of drug-likeness (QED) is 0.574. The molecule has 0 heterocycles. The molecular formula is C16H8. The van der Waals surface area contributed by atoms with E-state index in [4.69, 9.17) is 19.3 Å². The summed E-state index contributed by atoms with van der Waals surface area (Å²) in [6, 6.07) is 9.46. The molecule has 72 valence electrons.